The lowest BCUT2D eigenvalue weighted by Crippen LogP contribution is -2.46. The first-order chi connectivity index (χ1) is 11.9. The van der Waals surface area contributed by atoms with Crippen LogP contribution in [0, 0.1) is 5.92 Å². The van der Waals surface area contributed by atoms with E-state index >= 15 is 0 Å². The molecule has 148 valence electrons. The van der Waals surface area contributed by atoms with Crippen LogP contribution in [0.3, 0.4) is 0 Å². The SMILES string of the molecule is CN=C(NCCNc1nccc(C(F)(F)F)n1)NC1CCCC(C)C1.I. The summed E-state index contributed by atoms with van der Waals surface area (Å²) >= 11 is 0. The second-order valence-corrected chi connectivity index (χ2v) is 6.30. The molecule has 1 fully saturated rings. The van der Waals surface area contributed by atoms with Crippen molar-refractivity contribution in [2.75, 3.05) is 25.5 Å². The molecule has 1 aliphatic carbocycles. The molecule has 1 heterocycles. The number of halogens is 4. The predicted molar refractivity (Wildman–Crippen MR) is 107 cm³/mol. The smallest absolute Gasteiger partial charge is 0.355 e. The molecule has 10 heteroatoms. The molecule has 2 rings (SSSR count). The maximum Gasteiger partial charge on any atom is 0.433 e. The summed E-state index contributed by atoms with van der Waals surface area (Å²) in [6, 6.07) is 1.26. The van der Waals surface area contributed by atoms with E-state index in [1.807, 2.05) is 0 Å². The highest BCUT2D eigenvalue weighted by Crippen LogP contribution is 2.27. The van der Waals surface area contributed by atoms with E-state index in [9.17, 15) is 13.2 Å². The van der Waals surface area contributed by atoms with Gasteiger partial charge in [-0.1, -0.05) is 19.8 Å². The van der Waals surface area contributed by atoms with Crippen molar-refractivity contribution in [1.29, 1.82) is 0 Å². The molecular formula is C16H26F3IN6. The molecule has 0 spiro atoms. The first kappa shape index (κ1) is 22.7. The molecule has 3 N–H and O–H groups in total. The second kappa shape index (κ2) is 10.7. The molecule has 2 unspecified atom stereocenters. The third-order valence-corrected chi connectivity index (χ3v) is 4.15. The van der Waals surface area contributed by atoms with Gasteiger partial charge in [0.25, 0.3) is 0 Å². The second-order valence-electron chi connectivity index (χ2n) is 6.30. The minimum absolute atomic E-state index is 0. The molecule has 1 saturated carbocycles. The Morgan fingerprint density at radius 2 is 2.08 bits per heavy atom. The van der Waals surface area contributed by atoms with Crippen molar-refractivity contribution in [1.82, 2.24) is 20.6 Å². The van der Waals surface area contributed by atoms with Crippen LogP contribution in [0.1, 0.15) is 38.3 Å². The number of alkyl halides is 3. The van der Waals surface area contributed by atoms with Gasteiger partial charge in [0.1, 0.15) is 5.69 Å². The van der Waals surface area contributed by atoms with Crippen molar-refractivity contribution in [3.8, 4) is 0 Å². The Balaban J connectivity index is 0.00000338. The quantitative estimate of drug-likeness (QED) is 0.258. The van der Waals surface area contributed by atoms with E-state index in [0.29, 0.717) is 31.0 Å². The minimum Gasteiger partial charge on any atom is -0.355 e. The average Bonchev–Trinajstić information content (AvgIpc) is 2.57. The summed E-state index contributed by atoms with van der Waals surface area (Å²) in [5.74, 6) is 1.37. The highest BCUT2D eigenvalue weighted by molar-refractivity contribution is 14.0. The molecule has 0 bridgehead atoms. The fourth-order valence-electron chi connectivity index (χ4n) is 2.91. The number of anilines is 1. The van der Waals surface area contributed by atoms with E-state index in [-0.39, 0.29) is 29.9 Å². The Bertz CT molecular complexity index is 581. The van der Waals surface area contributed by atoms with Crippen LogP contribution in [0.2, 0.25) is 0 Å². The van der Waals surface area contributed by atoms with Gasteiger partial charge in [0.05, 0.1) is 0 Å². The summed E-state index contributed by atoms with van der Waals surface area (Å²) in [5.41, 5.74) is -0.957. The summed E-state index contributed by atoms with van der Waals surface area (Å²) in [4.78, 5) is 11.4. The number of nitrogens with one attached hydrogen (secondary N) is 3. The molecule has 0 amide bonds. The third-order valence-electron chi connectivity index (χ3n) is 4.15. The van der Waals surface area contributed by atoms with Gasteiger partial charge >= 0.3 is 6.18 Å². The van der Waals surface area contributed by atoms with Gasteiger partial charge in [-0.2, -0.15) is 13.2 Å². The van der Waals surface area contributed by atoms with Crippen molar-refractivity contribution < 1.29 is 13.2 Å². The van der Waals surface area contributed by atoms with Gasteiger partial charge in [-0.05, 0) is 24.8 Å². The Hall–Kier alpha value is -1.33. The lowest BCUT2D eigenvalue weighted by Gasteiger charge is -2.28. The third kappa shape index (κ3) is 7.50. The Labute approximate surface area is 168 Å². The highest BCUT2D eigenvalue weighted by Gasteiger charge is 2.32. The van der Waals surface area contributed by atoms with E-state index in [0.717, 1.165) is 25.1 Å². The molecule has 6 nitrogen and oxygen atoms in total. The number of hydrogen-bond donors (Lipinski definition) is 3. The van der Waals surface area contributed by atoms with Crippen molar-refractivity contribution >= 4 is 35.9 Å². The number of rotatable bonds is 5. The summed E-state index contributed by atoms with van der Waals surface area (Å²) in [6.45, 7) is 3.12. The predicted octanol–water partition coefficient (Wildman–Crippen LogP) is 3.27. The number of hydrogen-bond acceptors (Lipinski definition) is 4. The van der Waals surface area contributed by atoms with E-state index in [4.69, 9.17) is 0 Å². The van der Waals surface area contributed by atoms with Gasteiger partial charge in [0, 0.05) is 32.4 Å². The Morgan fingerprint density at radius 1 is 1.31 bits per heavy atom. The van der Waals surface area contributed by atoms with Crippen molar-refractivity contribution in [2.24, 2.45) is 10.9 Å². The van der Waals surface area contributed by atoms with E-state index in [2.05, 4.69) is 37.8 Å². The Kier molecular flexibility index (Phi) is 9.37. The van der Waals surface area contributed by atoms with Crippen LogP contribution in [0.25, 0.3) is 0 Å². The largest absolute Gasteiger partial charge is 0.433 e. The van der Waals surface area contributed by atoms with Crippen LogP contribution in [0.15, 0.2) is 17.3 Å². The van der Waals surface area contributed by atoms with Crippen molar-refractivity contribution in [3.63, 3.8) is 0 Å². The fraction of sp³-hybridized carbons (Fsp3) is 0.688. The highest BCUT2D eigenvalue weighted by atomic mass is 127. The standard InChI is InChI=1S/C16H25F3N6.HI/c1-11-4-3-5-12(10-11)24-14(20-2)22-8-9-23-15-21-7-6-13(25-15)16(17,18)19;/h6-7,11-12H,3-5,8-10H2,1-2H3,(H2,20,22,24)(H,21,23,25);1H. The zero-order valence-corrected chi connectivity index (χ0v) is 17.3. The summed E-state index contributed by atoms with van der Waals surface area (Å²) in [7, 11) is 1.70. The lowest BCUT2D eigenvalue weighted by molar-refractivity contribution is -0.141. The van der Waals surface area contributed by atoms with Crippen LogP contribution < -0.4 is 16.0 Å². The van der Waals surface area contributed by atoms with E-state index < -0.39 is 11.9 Å². The maximum absolute atomic E-state index is 12.6. The Morgan fingerprint density at radius 3 is 2.73 bits per heavy atom. The first-order valence-electron chi connectivity index (χ1n) is 8.49. The number of guanidine groups is 1. The van der Waals surface area contributed by atoms with Crippen LogP contribution in [-0.4, -0.2) is 42.1 Å². The molecule has 0 aliphatic heterocycles. The van der Waals surface area contributed by atoms with Crippen molar-refractivity contribution in [3.05, 3.63) is 18.0 Å². The number of aliphatic imine (C=N–C) groups is 1. The summed E-state index contributed by atoms with van der Waals surface area (Å²) in [5, 5.41) is 9.32. The van der Waals surface area contributed by atoms with Gasteiger partial charge < -0.3 is 16.0 Å². The minimum atomic E-state index is -4.47. The molecule has 1 aliphatic rings. The maximum atomic E-state index is 12.6. The molecule has 0 radical (unpaired) electrons. The number of aromatic nitrogens is 2. The van der Waals surface area contributed by atoms with Gasteiger partial charge in [-0.25, -0.2) is 9.97 Å². The zero-order chi connectivity index (χ0) is 18.3. The lowest BCUT2D eigenvalue weighted by atomic mass is 9.87. The van der Waals surface area contributed by atoms with Crippen LogP contribution in [0.5, 0.6) is 0 Å². The molecule has 2 atom stereocenters. The van der Waals surface area contributed by atoms with Gasteiger partial charge in [0.2, 0.25) is 5.95 Å². The zero-order valence-electron chi connectivity index (χ0n) is 14.9. The molecule has 1 aromatic heterocycles. The summed E-state index contributed by atoms with van der Waals surface area (Å²) in [6.07, 6.45) is 1.35. The fourth-order valence-corrected chi connectivity index (χ4v) is 2.91. The van der Waals surface area contributed by atoms with Gasteiger partial charge in [-0.15, -0.1) is 24.0 Å². The summed E-state index contributed by atoms with van der Waals surface area (Å²) < 4.78 is 37.8. The molecule has 1 aromatic rings. The number of nitrogens with zero attached hydrogens (tertiary/aromatic N) is 3. The molecular weight excluding hydrogens is 460 g/mol. The molecule has 0 saturated heterocycles. The first-order valence-corrected chi connectivity index (χ1v) is 8.49. The van der Waals surface area contributed by atoms with Crippen LogP contribution in [0.4, 0.5) is 19.1 Å². The van der Waals surface area contributed by atoms with Gasteiger partial charge in [-0.3, -0.25) is 4.99 Å². The van der Waals surface area contributed by atoms with E-state index in [1.54, 1.807) is 7.05 Å². The molecule has 26 heavy (non-hydrogen) atoms. The van der Waals surface area contributed by atoms with Crippen molar-refractivity contribution in [2.45, 2.75) is 44.8 Å². The van der Waals surface area contributed by atoms with Crippen LogP contribution >= 0.6 is 24.0 Å². The average molecular weight is 486 g/mol. The molecule has 0 aromatic carbocycles. The van der Waals surface area contributed by atoms with Crippen LogP contribution in [-0.2, 0) is 6.18 Å². The topological polar surface area (TPSA) is 74.2 Å². The monoisotopic (exact) mass is 486 g/mol. The van der Waals surface area contributed by atoms with E-state index in [1.165, 1.54) is 12.8 Å². The van der Waals surface area contributed by atoms with Gasteiger partial charge in [0.15, 0.2) is 5.96 Å². The normalized spacial score (nSPS) is 20.9.